The molecule has 0 aromatic heterocycles. The number of rotatable bonds is 4. The second-order valence-corrected chi connectivity index (χ2v) is 5.77. The van der Waals surface area contributed by atoms with E-state index in [1.807, 2.05) is 24.3 Å². The van der Waals surface area contributed by atoms with Crippen molar-refractivity contribution in [3.8, 4) is 0 Å². The number of nitrogens with zero attached hydrogens (tertiary/aromatic N) is 1. The lowest BCUT2D eigenvalue weighted by atomic mass is 10.0. The van der Waals surface area contributed by atoms with Crippen LogP contribution in [-0.2, 0) is 4.74 Å². The zero-order chi connectivity index (χ0) is 15.4. The number of halogens is 1. The number of urea groups is 1. The van der Waals surface area contributed by atoms with Gasteiger partial charge in [-0.25, -0.2) is 4.79 Å². The summed E-state index contributed by atoms with van der Waals surface area (Å²) in [4.78, 5) is 13.7. The standard InChI is InChI=1S/C15H21ClN2O3/c1-10(9-19)18(2)15(20)17-13-7-8-21-14(13)11-3-5-12(16)6-4-11/h3-6,10,13-14,19H,7-9H2,1-2H3,(H,17,20). The van der Waals surface area contributed by atoms with Gasteiger partial charge in [-0.1, -0.05) is 23.7 Å². The number of nitrogens with one attached hydrogen (secondary N) is 1. The Bertz CT molecular complexity index is 480. The van der Waals surface area contributed by atoms with Crippen LogP contribution in [0.4, 0.5) is 4.79 Å². The van der Waals surface area contributed by atoms with E-state index >= 15 is 0 Å². The van der Waals surface area contributed by atoms with E-state index in [1.165, 1.54) is 4.90 Å². The van der Waals surface area contributed by atoms with E-state index in [0.29, 0.717) is 11.6 Å². The van der Waals surface area contributed by atoms with Gasteiger partial charge in [0.25, 0.3) is 0 Å². The van der Waals surface area contributed by atoms with Gasteiger partial charge in [-0.15, -0.1) is 0 Å². The molecule has 2 amide bonds. The minimum Gasteiger partial charge on any atom is -0.394 e. The molecule has 1 aromatic rings. The van der Waals surface area contributed by atoms with Crippen LogP contribution in [0.25, 0.3) is 0 Å². The van der Waals surface area contributed by atoms with E-state index in [1.54, 1.807) is 14.0 Å². The first-order chi connectivity index (χ1) is 10.0. The molecule has 2 rings (SSSR count). The molecular formula is C15H21ClN2O3. The van der Waals surface area contributed by atoms with Crippen LogP contribution in [0, 0.1) is 0 Å². The van der Waals surface area contributed by atoms with Crippen LogP contribution < -0.4 is 5.32 Å². The maximum absolute atomic E-state index is 12.2. The average Bonchev–Trinajstić information content (AvgIpc) is 2.94. The third-order valence-electron chi connectivity index (χ3n) is 3.84. The molecule has 2 N–H and O–H groups in total. The number of aliphatic hydroxyl groups is 1. The molecule has 1 saturated heterocycles. The number of amides is 2. The highest BCUT2D eigenvalue weighted by Crippen LogP contribution is 2.30. The van der Waals surface area contributed by atoms with Gasteiger partial charge in [0.05, 0.1) is 18.7 Å². The molecule has 1 fully saturated rings. The molecule has 3 atom stereocenters. The number of hydrogen-bond donors (Lipinski definition) is 2. The largest absolute Gasteiger partial charge is 0.394 e. The van der Waals surface area contributed by atoms with Crippen molar-refractivity contribution in [3.63, 3.8) is 0 Å². The maximum atomic E-state index is 12.2. The molecule has 1 aromatic carbocycles. The van der Waals surface area contributed by atoms with Gasteiger partial charge in [-0.05, 0) is 31.0 Å². The van der Waals surface area contributed by atoms with Gasteiger partial charge >= 0.3 is 6.03 Å². The van der Waals surface area contributed by atoms with Crippen molar-refractivity contribution >= 4 is 17.6 Å². The lowest BCUT2D eigenvalue weighted by molar-refractivity contribution is 0.0966. The Kier molecular flexibility index (Phi) is 5.45. The molecule has 116 valence electrons. The minimum absolute atomic E-state index is 0.0638. The van der Waals surface area contributed by atoms with E-state index in [2.05, 4.69) is 5.32 Å². The number of ether oxygens (including phenoxy) is 1. The van der Waals surface area contributed by atoms with Crippen molar-refractivity contribution in [2.24, 2.45) is 0 Å². The molecule has 1 aliphatic heterocycles. The fourth-order valence-electron chi connectivity index (χ4n) is 2.30. The minimum atomic E-state index is -0.221. The Morgan fingerprint density at radius 1 is 1.52 bits per heavy atom. The van der Waals surface area contributed by atoms with Gasteiger partial charge in [0, 0.05) is 18.7 Å². The van der Waals surface area contributed by atoms with Crippen LogP contribution in [0.5, 0.6) is 0 Å². The first kappa shape index (κ1) is 16.1. The van der Waals surface area contributed by atoms with Crippen LogP contribution in [0.15, 0.2) is 24.3 Å². The summed E-state index contributed by atoms with van der Waals surface area (Å²) in [5.74, 6) is 0. The van der Waals surface area contributed by atoms with E-state index in [9.17, 15) is 4.79 Å². The Labute approximate surface area is 129 Å². The zero-order valence-corrected chi connectivity index (χ0v) is 13.0. The molecular weight excluding hydrogens is 292 g/mol. The summed E-state index contributed by atoms with van der Waals surface area (Å²) in [6.45, 7) is 2.34. The van der Waals surface area contributed by atoms with Crippen molar-refractivity contribution < 1.29 is 14.6 Å². The van der Waals surface area contributed by atoms with Crippen LogP contribution in [0.3, 0.4) is 0 Å². The zero-order valence-electron chi connectivity index (χ0n) is 12.3. The fourth-order valence-corrected chi connectivity index (χ4v) is 2.43. The number of carbonyl (C=O) groups is 1. The van der Waals surface area contributed by atoms with Gasteiger partial charge in [-0.2, -0.15) is 0 Å². The molecule has 1 aliphatic rings. The summed E-state index contributed by atoms with van der Waals surface area (Å²) in [6.07, 6.45) is 0.601. The molecule has 6 heteroatoms. The molecule has 21 heavy (non-hydrogen) atoms. The Balaban J connectivity index is 2.02. The summed E-state index contributed by atoms with van der Waals surface area (Å²) < 4.78 is 5.73. The number of carbonyl (C=O) groups excluding carboxylic acids is 1. The van der Waals surface area contributed by atoms with Crippen LogP contribution in [-0.4, -0.2) is 48.4 Å². The molecule has 0 aliphatic carbocycles. The molecule has 0 saturated carbocycles. The van der Waals surface area contributed by atoms with E-state index < -0.39 is 0 Å². The molecule has 0 bridgehead atoms. The number of benzene rings is 1. The quantitative estimate of drug-likeness (QED) is 0.896. The fraction of sp³-hybridized carbons (Fsp3) is 0.533. The Morgan fingerprint density at radius 2 is 2.19 bits per heavy atom. The number of hydrogen-bond acceptors (Lipinski definition) is 3. The van der Waals surface area contributed by atoms with Crippen LogP contribution in [0.1, 0.15) is 25.0 Å². The predicted octanol–water partition coefficient (Wildman–Crippen LogP) is 2.19. The van der Waals surface area contributed by atoms with Gasteiger partial charge in [-0.3, -0.25) is 0 Å². The molecule has 5 nitrogen and oxygen atoms in total. The highest BCUT2D eigenvalue weighted by molar-refractivity contribution is 6.30. The molecule has 3 unspecified atom stereocenters. The smallest absolute Gasteiger partial charge is 0.317 e. The average molecular weight is 313 g/mol. The third kappa shape index (κ3) is 3.87. The lowest BCUT2D eigenvalue weighted by Gasteiger charge is -2.27. The maximum Gasteiger partial charge on any atom is 0.317 e. The first-order valence-electron chi connectivity index (χ1n) is 7.04. The van der Waals surface area contributed by atoms with Crippen molar-refractivity contribution in [2.75, 3.05) is 20.3 Å². The molecule has 0 spiro atoms. The van der Waals surface area contributed by atoms with Gasteiger partial charge in [0.15, 0.2) is 0 Å². The van der Waals surface area contributed by atoms with Crippen molar-refractivity contribution in [1.82, 2.24) is 10.2 Å². The summed E-state index contributed by atoms with van der Waals surface area (Å²) in [6, 6.07) is 6.96. The lowest BCUT2D eigenvalue weighted by Crippen LogP contribution is -2.48. The normalized spacial score (nSPS) is 22.9. The number of aliphatic hydroxyl groups excluding tert-OH is 1. The topological polar surface area (TPSA) is 61.8 Å². The van der Waals surface area contributed by atoms with E-state index in [4.69, 9.17) is 21.4 Å². The summed E-state index contributed by atoms with van der Waals surface area (Å²) in [5, 5.41) is 12.8. The van der Waals surface area contributed by atoms with Crippen molar-refractivity contribution in [1.29, 1.82) is 0 Å². The van der Waals surface area contributed by atoms with Gasteiger partial charge in [0.2, 0.25) is 0 Å². The highest BCUT2D eigenvalue weighted by Gasteiger charge is 2.32. The SMILES string of the molecule is CC(CO)N(C)C(=O)NC1CCOC1c1ccc(Cl)cc1. The molecule has 0 radical (unpaired) electrons. The first-order valence-corrected chi connectivity index (χ1v) is 7.42. The summed E-state index contributed by atoms with van der Waals surface area (Å²) in [5.41, 5.74) is 1.00. The van der Waals surface area contributed by atoms with Crippen LogP contribution in [0.2, 0.25) is 5.02 Å². The van der Waals surface area contributed by atoms with Gasteiger partial charge < -0.3 is 20.1 Å². The van der Waals surface area contributed by atoms with E-state index in [-0.39, 0.29) is 30.8 Å². The second kappa shape index (κ2) is 7.11. The summed E-state index contributed by atoms with van der Waals surface area (Å²) >= 11 is 5.89. The van der Waals surface area contributed by atoms with Crippen molar-refractivity contribution in [2.45, 2.75) is 31.5 Å². The Hall–Kier alpha value is -1.30. The third-order valence-corrected chi connectivity index (χ3v) is 4.10. The monoisotopic (exact) mass is 312 g/mol. The Morgan fingerprint density at radius 3 is 2.81 bits per heavy atom. The van der Waals surface area contributed by atoms with Crippen molar-refractivity contribution in [3.05, 3.63) is 34.9 Å². The summed E-state index contributed by atoms with van der Waals surface area (Å²) in [7, 11) is 1.67. The molecule has 1 heterocycles. The van der Waals surface area contributed by atoms with Crippen LogP contribution >= 0.6 is 11.6 Å². The van der Waals surface area contributed by atoms with E-state index in [0.717, 1.165) is 12.0 Å². The predicted molar refractivity (Wildman–Crippen MR) is 81.4 cm³/mol. The second-order valence-electron chi connectivity index (χ2n) is 5.33. The number of likely N-dealkylation sites (N-methyl/N-ethyl adjacent to an activating group) is 1. The highest BCUT2D eigenvalue weighted by atomic mass is 35.5. The van der Waals surface area contributed by atoms with Gasteiger partial charge in [0.1, 0.15) is 6.10 Å².